The second kappa shape index (κ2) is 9.66. The number of H-pyrrole nitrogens is 1. The standard InChI is InChI=1S/C21H23ClN5O9P/c1-20(2)33-16-17(34-20)21(25-26-23,35-18(16)27-8-6-15(28)24-19(27)29)11-32-37(30)31-9-7-14(36-37)12-4-3-5-13(22)10-12/h3-6,8,10,14,16-18H,7,9,11H2,1-2H3,(H,24,28,29)/t14-,16+,17-,18+,21+,37?/m0/s1. The van der Waals surface area contributed by atoms with E-state index in [1.165, 1.54) is 6.20 Å². The fraction of sp³-hybridized carbons (Fsp3) is 0.524. The molecule has 4 heterocycles. The molecule has 1 aromatic heterocycles. The largest absolute Gasteiger partial charge is 0.475 e. The molecule has 198 valence electrons. The van der Waals surface area contributed by atoms with Crippen molar-refractivity contribution in [1.82, 2.24) is 9.55 Å². The molecule has 1 aromatic carbocycles. The molecule has 2 aromatic rings. The first-order chi connectivity index (χ1) is 17.5. The third kappa shape index (κ3) is 5.13. The number of azide groups is 1. The zero-order chi connectivity index (χ0) is 26.4. The maximum atomic E-state index is 13.4. The molecule has 16 heteroatoms. The van der Waals surface area contributed by atoms with E-state index in [1.807, 2.05) is 0 Å². The molecule has 0 bridgehead atoms. The molecule has 5 rings (SSSR count). The number of nitrogens with zero attached hydrogens (tertiary/aromatic N) is 4. The Balaban J connectivity index is 1.43. The fourth-order valence-electron chi connectivity index (χ4n) is 4.52. The summed E-state index contributed by atoms with van der Waals surface area (Å²) in [6, 6.07) is 8.03. The lowest BCUT2D eigenvalue weighted by Crippen LogP contribution is -2.45. The van der Waals surface area contributed by atoms with Crippen LogP contribution in [0.25, 0.3) is 10.4 Å². The molecule has 3 fully saturated rings. The highest BCUT2D eigenvalue weighted by atomic mass is 35.5. The molecule has 6 atom stereocenters. The van der Waals surface area contributed by atoms with E-state index in [9.17, 15) is 19.7 Å². The highest BCUT2D eigenvalue weighted by molar-refractivity contribution is 7.48. The van der Waals surface area contributed by atoms with Crippen molar-refractivity contribution in [3.8, 4) is 0 Å². The summed E-state index contributed by atoms with van der Waals surface area (Å²) in [6.07, 6.45) is -2.22. The van der Waals surface area contributed by atoms with E-state index < -0.39 is 61.7 Å². The number of aromatic nitrogens is 2. The maximum absolute atomic E-state index is 13.4. The van der Waals surface area contributed by atoms with Crippen molar-refractivity contribution in [2.75, 3.05) is 13.2 Å². The molecular weight excluding hydrogens is 533 g/mol. The summed E-state index contributed by atoms with van der Waals surface area (Å²) in [4.78, 5) is 29.1. The van der Waals surface area contributed by atoms with E-state index in [-0.39, 0.29) is 6.61 Å². The van der Waals surface area contributed by atoms with Gasteiger partial charge in [0.2, 0.25) is 5.72 Å². The zero-order valence-electron chi connectivity index (χ0n) is 19.7. The van der Waals surface area contributed by atoms with Crippen LogP contribution in [-0.2, 0) is 32.3 Å². The molecular formula is C21H23ClN5O9P. The Bertz CT molecular complexity index is 1410. The van der Waals surface area contributed by atoms with Gasteiger partial charge in [0, 0.05) is 28.6 Å². The number of hydrogen-bond acceptors (Lipinski definition) is 10. The van der Waals surface area contributed by atoms with E-state index in [0.717, 1.165) is 10.6 Å². The minimum atomic E-state index is -4.16. The first-order valence-electron chi connectivity index (χ1n) is 11.3. The molecule has 3 aliphatic heterocycles. The number of ether oxygens (including phenoxy) is 3. The Labute approximate surface area is 214 Å². The molecule has 1 unspecified atom stereocenters. The summed E-state index contributed by atoms with van der Waals surface area (Å²) in [6.45, 7) is 2.71. The number of fused-ring (bicyclic) bond motifs is 1. The Morgan fingerprint density at radius 3 is 2.84 bits per heavy atom. The van der Waals surface area contributed by atoms with Gasteiger partial charge in [0.25, 0.3) is 5.56 Å². The summed E-state index contributed by atoms with van der Waals surface area (Å²) < 4.78 is 49.1. The minimum Gasteiger partial charge on any atom is -0.341 e. The van der Waals surface area contributed by atoms with Crippen molar-refractivity contribution < 1.29 is 32.3 Å². The lowest BCUT2D eigenvalue weighted by Gasteiger charge is -2.33. The molecule has 0 spiro atoms. The van der Waals surface area contributed by atoms with Crippen LogP contribution in [0.2, 0.25) is 5.02 Å². The van der Waals surface area contributed by atoms with E-state index in [4.69, 9.17) is 39.4 Å². The van der Waals surface area contributed by atoms with Crippen LogP contribution < -0.4 is 11.2 Å². The third-order valence-corrected chi connectivity index (χ3v) is 7.75. The number of hydrogen-bond donors (Lipinski definition) is 1. The van der Waals surface area contributed by atoms with Crippen molar-refractivity contribution in [2.24, 2.45) is 5.11 Å². The molecule has 0 radical (unpaired) electrons. The summed E-state index contributed by atoms with van der Waals surface area (Å²) in [5, 5.41) is 4.27. The van der Waals surface area contributed by atoms with E-state index >= 15 is 0 Å². The van der Waals surface area contributed by atoms with Gasteiger partial charge < -0.3 is 14.2 Å². The average Bonchev–Trinajstić information content (AvgIpc) is 3.30. The first-order valence-corrected chi connectivity index (χ1v) is 13.1. The summed E-state index contributed by atoms with van der Waals surface area (Å²) in [5.74, 6) is -1.15. The van der Waals surface area contributed by atoms with Gasteiger partial charge in [-0.2, -0.15) is 0 Å². The smallest absolute Gasteiger partial charge is 0.341 e. The molecule has 1 N–H and O–H groups in total. The third-order valence-electron chi connectivity index (χ3n) is 6.05. The Hall–Kier alpha value is -2.51. The number of nitrogens with one attached hydrogen (secondary N) is 1. The Kier molecular flexibility index (Phi) is 6.82. The van der Waals surface area contributed by atoms with Crippen LogP contribution in [0.4, 0.5) is 0 Å². The van der Waals surface area contributed by atoms with E-state index in [1.54, 1.807) is 38.1 Å². The zero-order valence-corrected chi connectivity index (χ0v) is 21.3. The second-order valence-electron chi connectivity index (χ2n) is 9.07. The predicted molar refractivity (Wildman–Crippen MR) is 127 cm³/mol. The topological polar surface area (TPSA) is 176 Å². The number of rotatable bonds is 6. The van der Waals surface area contributed by atoms with Crippen LogP contribution in [-0.4, -0.2) is 46.5 Å². The van der Waals surface area contributed by atoms with Crippen molar-refractivity contribution in [3.05, 3.63) is 78.4 Å². The van der Waals surface area contributed by atoms with Crippen LogP contribution in [0.15, 0.2) is 51.2 Å². The normalized spacial score (nSPS) is 34.6. The van der Waals surface area contributed by atoms with Gasteiger partial charge in [-0.05, 0) is 37.1 Å². The number of benzene rings is 1. The van der Waals surface area contributed by atoms with Crippen LogP contribution in [0.1, 0.15) is 38.2 Å². The molecule has 0 saturated carbocycles. The van der Waals surface area contributed by atoms with Gasteiger partial charge in [0.15, 0.2) is 12.0 Å². The summed E-state index contributed by atoms with van der Waals surface area (Å²) in [7, 11) is -4.16. The summed E-state index contributed by atoms with van der Waals surface area (Å²) in [5.41, 5.74) is 6.74. The number of halogens is 1. The molecule has 3 aliphatic rings. The quantitative estimate of drug-likeness (QED) is 0.241. The van der Waals surface area contributed by atoms with Gasteiger partial charge in [-0.1, -0.05) is 28.8 Å². The molecule has 14 nitrogen and oxygen atoms in total. The van der Waals surface area contributed by atoms with Crippen LogP contribution in [0.3, 0.4) is 0 Å². The fourth-order valence-corrected chi connectivity index (χ4v) is 6.12. The Morgan fingerprint density at radius 1 is 1.30 bits per heavy atom. The molecule has 0 amide bonds. The SMILES string of the molecule is CC1(C)O[C@H]2[C@H](n3ccc(=O)[nH]c3=O)O[C@@](COP3(=O)OCC[C@@H](c4cccc(Cl)c4)O3)(N=[N+]=[N-])[C@H]2O1. The van der Waals surface area contributed by atoms with Gasteiger partial charge in [0.1, 0.15) is 12.2 Å². The van der Waals surface area contributed by atoms with Crippen molar-refractivity contribution in [2.45, 2.75) is 56.3 Å². The van der Waals surface area contributed by atoms with Crippen molar-refractivity contribution in [1.29, 1.82) is 0 Å². The lowest BCUT2D eigenvalue weighted by atomic mass is 10.1. The minimum absolute atomic E-state index is 0.0674. The highest BCUT2D eigenvalue weighted by Crippen LogP contribution is 2.59. The molecule has 3 saturated heterocycles. The second-order valence-corrected chi connectivity index (χ2v) is 11.1. The summed E-state index contributed by atoms with van der Waals surface area (Å²) >= 11 is 6.07. The van der Waals surface area contributed by atoms with Gasteiger partial charge in [-0.3, -0.25) is 27.9 Å². The highest BCUT2D eigenvalue weighted by Gasteiger charge is 2.64. The molecule has 37 heavy (non-hydrogen) atoms. The van der Waals surface area contributed by atoms with Crippen LogP contribution in [0.5, 0.6) is 0 Å². The van der Waals surface area contributed by atoms with Crippen LogP contribution >= 0.6 is 19.4 Å². The van der Waals surface area contributed by atoms with Gasteiger partial charge in [-0.25, -0.2) is 9.36 Å². The van der Waals surface area contributed by atoms with Gasteiger partial charge in [-0.15, -0.1) is 0 Å². The lowest BCUT2D eigenvalue weighted by molar-refractivity contribution is -0.225. The van der Waals surface area contributed by atoms with Gasteiger partial charge in [0.05, 0.1) is 19.3 Å². The predicted octanol–water partition coefficient (Wildman–Crippen LogP) is 3.55. The maximum Gasteiger partial charge on any atom is 0.475 e. The average molecular weight is 556 g/mol. The van der Waals surface area contributed by atoms with Crippen LogP contribution in [0, 0.1) is 0 Å². The molecule has 0 aliphatic carbocycles. The first kappa shape index (κ1) is 26.1. The monoisotopic (exact) mass is 555 g/mol. The number of phosphoric acid groups is 1. The Morgan fingerprint density at radius 2 is 2.11 bits per heavy atom. The van der Waals surface area contributed by atoms with Crippen molar-refractivity contribution in [3.63, 3.8) is 0 Å². The number of phosphoric ester groups is 1. The van der Waals surface area contributed by atoms with E-state index in [0.29, 0.717) is 17.0 Å². The van der Waals surface area contributed by atoms with Crippen molar-refractivity contribution >= 4 is 19.4 Å². The van der Waals surface area contributed by atoms with Gasteiger partial charge >= 0.3 is 13.5 Å². The number of aromatic amines is 1. The van der Waals surface area contributed by atoms with E-state index in [2.05, 4.69) is 15.0 Å².